The first-order valence-electron chi connectivity index (χ1n) is 13.9. The van der Waals surface area contributed by atoms with Crippen LogP contribution in [0.1, 0.15) is 49.7 Å². The molecule has 10 heteroatoms. The second kappa shape index (κ2) is 14.1. The SMILES string of the molecule is O=C(NCc1ccc(Cl)cc1Cl)[C@@H](CC1CCCCC1)Nc1nc(NCc2cccc(Cl)c2)cc(-n2cccc2)n1. The molecule has 2 aromatic carbocycles. The summed E-state index contributed by atoms with van der Waals surface area (Å²) in [5.74, 6) is 2.04. The second-order valence-electron chi connectivity index (χ2n) is 10.4. The summed E-state index contributed by atoms with van der Waals surface area (Å²) >= 11 is 18.6. The lowest BCUT2D eigenvalue weighted by molar-refractivity contribution is -0.122. The molecule has 7 nitrogen and oxygen atoms in total. The Morgan fingerprint density at radius 1 is 0.902 bits per heavy atom. The summed E-state index contributed by atoms with van der Waals surface area (Å²) in [5, 5.41) is 11.6. The molecule has 0 bridgehead atoms. The van der Waals surface area contributed by atoms with Crippen LogP contribution in [0.2, 0.25) is 15.1 Å². The monoisotopic (exact) mass is 610 g/mol. The molecule has 4 aromatic rings. The number of aromatic nitrogens is 3. The van der Waals surface area contributed by atoms with Crippen LogP contribution >= 0.6 is 34.8 Å². The Balaban J connectivity index is 1.37. The van der Waals surface area contributed by atoms with E-state index in [0.717, 1.165) is 24.0 Å². The second-order valence-corrected chi connectivity index (χ2v) is 11.7. The molecule has 1 aliphatic carbocycles. The molecule has 41 heavy (non-hydrogen) atoms. The van der Waals surface area contributed by atoms with Crippen molar-refractivity contribution >= 4 is 52.5 Å². The first-order chi connectivity index (χ1) is 19.9. The third-order valence-electron chi connectivity index (χ3n) is 7.33. The van der Waals surface area contributed by atoms with Crippen LogP contribution in [-0.4, -0.2) is 26.5 Å². The van der Waals surface area contributed by atoms with Gasteiger partial charge in [0.2, 0.25) is 11.9 Å². The largest absolute Gasteiger partial charge is 0.366 e. The first kappa shape index (κ1) is 29.2. The van der Waals surface area contributed by atoms with Crippen LogP contribution < -0.4 is 16.0 Å². The normalized spacial score (nSPS) is 14.4. The molecule has 214 valence electrons. The number of hydrogen-bond donors (Lipinski definition) is 3. The number of amides is 1. The van der Waals surface area contributed by atoms with Gasteiger partial charge in [-0.2, -0.15) is 9.97 Å². The van der Waals surface area contributed by atoms with Gasteiger partial charge < -0.3 is 20.5 Å². The van der Waals surface area contributed by atoms with Gasteiger partial charge in [0.15, 0.2) is 0 Å². The summed E-state index contributed by atoms with van der Waals surface area (Å²) < 4.78 is 1.91. The smallest absolute Gasteiger partial charge is 0.242 e. The molecule has 1 fully saturated rings. The van der Waals surface area contributed by atoms with Crippen LogP contribution in [0.25, 0.3) is 5.82 Å². The molecule has 1 aliphatic rings. The van der Waals surface area contributed by atoms with Crippen molar-refractivity contribution < 1.29 is 4.79 Å². The predicted octanol–water partition coefficient (Wildman–Crippen LogP) is 7.91. The van der Waals surface area contributed by atoms with Crippen molar-refractivity contribution in [3.8, 4) is 5.82 Å². The highest BCUT2D eigenvalue weighted by Gasteiger charge is 2.26. The number of nitrogens with zero attached hydrogens (tertiary/aromatic N) is 3. The number of anilines is 2. The van der Waals surface area contributed by atoms with E-state index in [-0.39, 0.29) is 5.91 Å². The summed E-state index contributed by atoms with van der Waals surface area (Å²) in [6.45, 7) is 0.838. The van der Waals surface area contributed by atoms with Gasteiger partial charge >= 0.3 is 0 Å². The van der Waals surface area contributed by atoms with E-state index in [9.17, 15) is 4.79 Å². The van der Waals surface area contributed by atoms with Gasteiger partial charge in [0.05, 0.1) is 0 Å². The standard InChI is InChI=1S/C31H33Cl3N6O/c32-24-10-6-9-22(15-24)19-35-28-18-29(40-13-4-5-14-40)39-31(38-28)37-27(16-21-7-2-1-3-8-21)30(41)36-20-23-11-12-25(33)17-26(23)34/h4-6,9-15,17-18,21,27H,1-3,7-8,16,19-20H2,(H,36,41)(H2,35,37,38,39)/t27-/m1/s1. The van der Waals surface area contributed by atoms with Crippen molar-refractivity contribution in [3.05, 3.63) is 99.3 Å². The van der Waals surface area contributed by atoms with E-state index in [4.69, 9.17) is 44.8 Å². The van der Waals surface area contributed by atoms with Crippen molar-refractivity contribution in [2.24, 2.45) is 5.92 Å². The minimum atomic E-state index is -0.509. The maximum Gasteiger partial charge on any atom is 0.242 e. The Labute approximate surface area is 255 Å². The van der Waals surface area contributed by atoms with Crippen LogP contribution in [0.15, 0.2) is 73.1 Å². The number of nitrogens with one attached hydrogen (secondary N) is 3. The third-order valence-corrected chi connectivity index (χ3v) is 8.15. The summed E-state index contributed by atoms with van der Waals surface area (Å²) in [4.78, 5) is 23.1. The van der Waals surface area contributed by atoms with Gasteiger partial charge in [-0.15, -0.1) is 0 Å². The minimum Gasteiger partial charge on any atom is -0.366 e. The van der Waals surface area contributed by atoms with E-state index in [1.54, 1.807) is 12.1 Å². The summed E-state index contributed by atoms with van der Waals surface area (Å²) in [5.41, 5.74) is 1.84. The molecule has 0 unspecified atom stereocenters. The highest BCUT2D eigenvalue weighted by atomic mass is 35.5. The van der Waals surface area contributed by atoms with E-state index in [0.29, 0.717) is 58.1 Å². The molecule has 2 aromatic heterocycles. The molecule has 0 radical (unpaired) electrons. The van der Waals surface area contributed by atoms with Crippen molar-refractivity contribution in [3.63, 3.8) is 0 Å². The van der Waals surface area contributed by atoms with Gasteiger partial charge in [0.25, 0.3) is 0 Å². The van der Waals surface area contributed by atoms with Crippen LogP contribution in [0.5, 0.6) is 0 Å². The van der Waals surface area contributed by atoms with Crippen LogP contribution in [-0.2, 0) is 17.9 Å². The fourth-order valence-electron chi connectivity index (χ4n) is 5.16. The Kier molecular flexibility index (Phi) is 10.0. The van der Waals surface area contributed by atoms with Crippen molar-refractivity contribution in [1.82, 2.24) is 19.9 Å². The maximum absolute atomic E-state index is 13.6. The van der Waals surface area contributed by atoms with Crippen molar-refractivity contribution in [2.75, 3.05) is 10.6 Å². The highest BCUT2D eigenvalue weighted by molar-refractivity contribution is 6.35. The number of hydrogen-bond acceptors (Lipinski definition) is 5. The number of rotatable bonds is 11. The lowest BCUT2D eigenvalue weighted by Gasteiger charge is -2.27. The molecule has 1 amide bonds. The van der Waals surface area contributed by atoms with Gasteiger partial charge in [-0.05, 0) is 59.9 Å². The molecule has 2 heterocycles. The fraction of sp³-hybridized carbons (Fsp3) is 0.323. The average Bonchev–Trinajstić information content (AvgIpc) is 3.51. The molecule has 0 spiro atoms. The molecular weight excluding hydrogens is 579 g/mol. The number of carbonyl (C=O) groups is 1. The van der Waals surface area contributed by atoms with Gasteiger partial charge in [0, 0.05) is 46.6 Å². The van der Waals surface area contributed by atoms with E-state index in [1.165, 1.54) is 19.3 Å². The van der Waals surface area contributed by atoms with Gasteiger partial charge in [-0.25, -0.2) is 0 Å². The topological polar surface area (TPSA) is 83.9 Å². The molecule has 1 atom stereocenters. The molecule has 0 saturated heterocycles. The third kappa shape index (κ3) is 8.38. The molecule has 0 aliphatic heterocycles. The zero-order valence-electron chi connectivity index (χ0n) is 22.6. The minimum absolute atomic E-state index is 0.120. The Bertz CT molecular complexity index is 1460. The number of benzene rings is 2. The molecule has 5 rings (SSSR count). The van der Waals surface area contributed by atoms with E-state index in [2.05, 4.69) is 16.0 Å². The molecule has 1 saturated carbocycles. The number of halogens is 3. The zero-order chi connectivity index (χ0) is 28.6. The van der Waals surface area contributed by atoms with Crippen LogP contribution in [0, 0.1) is 5.92 Å². The summed E-state index contributed by atoms with van der Waals surface area (Å²) in [6, 6.07) is 18.2. The average molecular weight is 612 g/mol. The van der Waals surface area contributed by atoms with Crippen LogP contribution in [0.4, 0.5) is 11.8 Å². The molecular formula is C31H33Cl3N6O. The van der Waals surface area contributed by atoms with E-state index in [1.807, 2.05) is 65.5 Å². The lowest BCUT2D eigenvalue weighted by Crippen LogP contribution is -2.41. The quantitative estimate of drug-likeness (QED) is 0.161. The van der Waals surface area contributed by atoms with Crippen molar-refractivity contribution in [1.29, 1.82) is 0 Å². The Hall–Kier alpha value is -3.26. The predicted molar refractivity (Wildman–Crippen MR) is 167 cm³/mol. The van der Waals surface area contributed by atoms with Gasteiger partial charge in [-0.3, -0.25) is 4.79 Å². The highest BCUT2D eigenvalue weighted by Crippen LogP contribution is 2.29. The molecule has 3 N–H and O–H groups in total. The summed E-state index contributed by atoms with van der Waals surface area (Å²) in [6.07, 6.45) is 10.4. The summed E-state index contributed by atoms with van der Waals surface area (Å²) in [7, 11) is 0. The van der Waals surface area contributed by atoms with Crippen molar-refractivity contribution in [2.45, 2.75) is 57.7 Å². The fourth-order valence-corrected chi connectivity index (χ4v) is 5.85. The van der Waals surface area contributed by atoms with Crippen LogP contribution in [0.3, 0.4) is 0 Å². The van der Waals surface area contributed by atoms with Gasteiger partial charge in [0.1, 0.15) is 17.7 Å². The first-order valence-corrected chi connectivity index (χ1v) is 15.1. The van der Waals surface area contributed by atoms with Gasteiger partial charge in [-0.1, -0.05) is 85.1 Å². The maximum atomic E-state index is 13.6. The number of carbonyl (C=O) groups excluding carboxylic acids is 1. The Morgan fingerprint density at radius 2 is 1.68 bits per heavy atom. The van der Waals surface area contributed by atoms with E-state index >= 15 is 0 Å². The van der Waals surface area contributed by atoms with E-state index < -0.39 is 6.04 Å². The zero-order valence-corrected chi connectivity index (χ0v) is 24.9. The lowest BCUT2D eigenvalue weighted by atomic mass is 9.84. The Morgan fingerprint density at radius 3 is 2.44 bits per heavy atom.